The maximum atomic E-state index is 12.2. The second-order valence-corrected chi connectivity index (χ2v) is 8.64. The summed E-state index contributed by atoms with van der Waals surface area (Å²) >= 11 is 5.68. The Morgan fingerprint density at radius 2 is 1.83 bits per heavy atom. The van der Waals surface area contributed by atoms with Gasteiger partial charge in [-0.3, -0.25) is 4.79 Å². The van der Waals surface area contributed by atoms with E-state index in [9.17, 15) is 4.79 Å². The molecule has 150 valence electrons. The summed E-state index contributed by atoms with van der Waals surface area (Å²) in [4.78, 5) is 12.2. The molecule has 0 saturated heterocycles. The lowest BCUT2D eigenvalue weighted by Gasteiger charge is -2.06. The van der Waals surface area contributed by atoms with Gasteiger partial charge in [-0.05, 0) is 94.4 Å². The van der Waals surface area contributed by atoms with Crippen molar-refractivity contribution in [3.8, 4) is 5.75 Å². The van der Waals surface area contributed by atoms with Gasteiger partial charge in [0.25, 0.3) is 0 Å². The van der Waals surface area contributed by atoms with Crippen molar-refractivity contribution in [3.63, 3.8) is 0 Å². The number of amides is 1. The topological polar surface area (TPSA) is 63.8 Å². The van der Waals surface area contributed by atoms with Gasteiger partial charge in [0.15, 0.2) is 5.76 Å². The van der Waals surface area contributed by atoms with E-state index in [2.05, 4.69) is 61.2 Å². The molecule has 1 heterocycles. The quantitative estimate of drug-likeness (QED) is 0.171. The summed E-state index contributed by atoms with van der Waals surface area (Å²) in [7, 11) is 0. The molecule has 4 aromatic rings. The number of furan rings is 1. The van der Waals surface area contributed by atoms with E-state index in [0.29, 0.717) is 12.2 Å². The smallest absolute Gasteiger partial charge is 0.307 e. The minimum atomic E-state index is -0.406. The molecule has 0 aliphatic rings. The lowest BCUT2D eigenvalue weighted by Crippen LogP contribution is -2.16. The molecule has 0 unspecified atom stereocenters. The SMILES string of the molecule is O=C(N/N=C/c1ccc(OCc2ccc(I)cc2)cc1)c1cc2cc(Br)ccc2o1. The highest BCUT2D eigenvalue weighted by molar-refractivity contribution is 14.1. The molecule has 1 aromatic heterocycles. The van der Waals surface area contributed by atoms with Crippen LogP contribution in [0.2, 0.25) is 0 Å². The van der Waals surface area contributed by atoms with Crippen molar-refractivity contribution in [1.29, 1.82) is 0 Å². The molecule has 0 radical (unpaired) electrons. The summed E-state index contributed by atoms with van der Waals surface area (Å²) in [6, 6.07) is 22.9. The van der Waals surface area contributed by atoms with Crippen LogP contribution >= 0.6 is 38.5 Å². The first-order chi connectivity index (χ1) is 14.6. The fraction of sp³-hybridized carbons (Fsp3) is 0.0435. The Hall–Kier alpha value is -2.65. The van der Waals surface area contributed by atoms with Crippen molar-refractivity contribution >= 4 is 61.6 Å². The molecular weight excluding hydrogens is 559 g/mol. The van der Waals surface area contributed by atoms with Crippen LogP contribution in [0, 0.1) is 3.57 Å². The highest BCUT2D eigenvalue weighted by atomic mass is 127. The van der Waals surface area contributed by atoms with Crippen LogP contribution in [0.1, 0.15) is 21.7 Å². The van der Waals surface area contributed by atoms with Crippen LogP contribution in [0.15, 0.2) is 86.8 Å². The van der Waals surface area contributed by atoms with E-state index >= 15 is 0 Å². The number of halogens is 2. The number of carbonyl (C=O) groups excluding carboxylic acids is 1. The Morgan fingerprint density at radius 3 is 2.60 bits per heavy atom. The number of hydrogen-bond acceptors (Lipinski definition) is 4. The maximum Gasteiger partial charge on any atom is 0.307 e. The number of hydrazone groups is 1. The van der Waals surface area contributed by atoms with Gasteiger partial charge in [0.1, 0.15) is 17.9 Å². The molecule has 0 fully saturated rings. The summed E-state index contributed by atoms with van der Waals surface area (Å²) in [6.07, 6.45) is 1.57. The lowest BCUT2D eigenvalue weighted by molar-refractivity contribution is 0.0929. The van der Waals surface area contributed by atoms with Crippen LogP contribution in [0.25, 0.3) is 11.0 Å². The van der Waals surface area contributed by atoms with Gasteiger partial charge in [-0.15, -0.1) is 0 Å². The van der Waals surface area contributed by atoms with E-state index in [1.54, 1.807) is 12.3 Å². The molecule has 5 nitrogen and oxygen atoms in total. The first-order valence-corrected chi connectivity index (χ1v) is 10.9. The largest absolute Gasteiger partial charge is 0.489 e. The lowest BCUT2D eigenvalue weighted by atomic mass is 10.2. The molecule has 0 spiro atoms. The van der Waals surface area contributed by atoms with E-state index in [-0.39, 0.29) is 5.76 Å². The molecule has 0 atom stereocenters. The summed E-state index contributed by atoms with van der Waals surface area (Å²) in [5, 5.41) is 4.85. The van der Waals surface area contributed by atoms with E-state index in [0.717, 1.165) is 26.7 Å². The Morgan fingerprint density at radius 1 is 1.07 bits per heavy atom. The molecule has 1 N–H and O–H groups in total. The molecule has 3 aromatic carbocycles. The zero-order valence-electron chi connectivity index (χ0n) is 15.6. The van der Waals surface area contributed by atoms with Crippen LogP contribution in [0.3, 0.4) is 0 Å². The highest BCUT2D eigenvalue weighted by Gasteiger charge is 2.11. The van der Waals surface area contributed by atoms with E-state index in [1.807, 2.05) is 54.6 Å². The van der Waals surface area contributed by atoms with Gasteiger partial charge in [0.05, 0.1) is 6.21 Å². The molecule has 0 aliphatic carbocycles. The molecule has 0 aliphatic heterocycles. The van der Waals surface area contributed by atoms with E-state index < -0.39 is 5.91 Å². The number of rotatable bonds is 6. The predicted molar refractivity (Wildman–Crippen MR) is 129 cm³/mol. The minimum Gasteiger partial charge on any atom is -0.489 e. The normalized spacial score (nSPS) is 11.1. The molecule has 0 bridgehead atoms. The first kappa shape index (κ1) is 20.6. The molecular formula is C23H16BrIN2O3. The average Bonchev–Trinajstić information content (AvgIpc) is 3.17. The zero-order valence-corrected chi connectivity index (χ0v) is 19.4. The molecule has 4 rings (SSSR count). The van der Waals surface area contributed by atoms with Gasteiger partial charge >= 0.3 is 5.91 Å². The molecule has 30 heavy (non-hydrogen) atoms. The van der Waals surface area contributed by atoms with E-state index in [1.165, 1.54) is 3.57 Å². The van der Waals surface area contributed by atoms with Gasteiger partial charge in [-0.1, -0.05) is 28.1 Å². The average molecular weight is 575 g/mol. The Labute approximate surface area is 195 Å². The third kappa shape index (κ3) is 5.28. The van der Waals surface area contributed by atoms with Gasteiger partial charge in [-0.25, -0.2) is 5.43 Å². The van der Waals surface area contributed by atoms with Gasteiger partial charge in [0.2, 0.25) is 0 Å². The second-order valence-electron chi connectivity index (χ2n) is 6.48. The number of nitrogens with zero attached hydrogens (tertiary/aromatic N) is 1. The van der Waals surface area contributed by atoms with Crippen molar-refractivity contribution in [3.05, 3.63) is 97.7 Å². The van der Waals surface area contributed by atoms with Crippen LogP contribution in [-0.2, 0) is 6.61 Å². The maximum absolute atomic E-state index is 12.2. The van der Waals surface area contributed by atoms with Crippen LogP contribution < -0.4 is 10.2 Å². The monoisotopic (exact) mass is 574 g/mol. The summed E-state index contributed by atoms with van der Waals surface area (Å²) < 4.78 is 13.5. The molecule has 0 saturated carbocycles. The molecule has 1 amide bonds. The summed E-state index contributed by atoms with van der Waals surface area (Å²) in [5.74, 6) is 0.568. The number of fused-ring (bicyclic) bond motifs is 1. The van der Waals surface area contributed by atoms with Gasteiger partial charge in [0, 0.05) is 13.4 Å². The third-order valence-corrected chi connectivity index (χ3v) is 5.49. The fourth-order valence-corrected chi connectivity index (χ4v) is 3.48. The summed E-state index contributed by atoms with van der Waals surface area (Å²) in [6.45, 7) is 0.508. The third-order valence-electron chi connectivity index (χ3n) is 4.28. The Bertz CT molecular complexity index is 1200. The van der Waals surface area contributed by atoms with Crippen molar-refractivity contribution in [1.82, 2.24) is 5.43 Å². The van der Waals surface area contributed by atoms with Crippen molar-refractivity contribution in [2.24, 2.45) is 5.10 Å². The fourth-order valence-electron chi connectivity index (χ4n) is 2.74. The predicted octanol–water partition coefficient (Wildman–Crippen LogP) is 6.14. The number of hydrogen-bond donors (Lipinski definition) is 1. The number of benzene rings is 3. The van der Waals surface area contributed by atoms with Crippen LogP contribution in [0.4, 0.5) is 0 Å². The second kappa shape index (κ2) is 9.44. The number of nitrogens with one attached hydrogen (secondary N) is 1. The zero-order chi connectivity index (χ0) is 20.9. The van der Waals surface area contributed by atoms with Crippen LogP contribution in [-0.4, -0.2) is 12.1 Å². The number of ether oxygens (including phenoxy) is 1. The summed E-state index contributed by atoms with van der Waals surface area (Å²) in [5.41, 5.74) is 5.08. The van der Waals surface area contributed by atoms with Crippen LogP contribution in [0.5, 0.6) is 5.75 Å². The Balaban J connectivity index is 1.32. The van der Waals surface area contributed by atoms with Crippen molar-refractivity contribution in [2.45, 2.75) is 6.61 Å². The highest BCUT2D eigenvalue weighted by Crippen LogP contribution is 2.23. The van der Waals surface area contributed by atoms with Gasteiger partial charge in [-0.2, -0.15) is 5.10 Å². The van der Waals surface area contributed by atoms with Crippen molar-refractivity contribution < 1.29 is 13.9 Å². The van der Waals surface area contributed by atoms with E-state index in [4.69, 9.17) is 9.15 Å². The minimum absolute atomic E-state index is 0.208. The van der Waals surface area contributed by atoms with Gasteiger partial charge < -0.3 is 9.15 Å². The number of carbonyl (C=O) groups is 1. The Kier molecular flexibility index (Phi) is 6.49. The van der Waals surface area contributed by atoms with Crippen molar-refractivity contribution in [2.75, 3.05) is 0 Å². The molecule has 7 heteroatoms. The first-order valence-electron chi connectivity index (χ1n) is 9.07. The standard InChI is InChI=1S/C23H16BrIN2O3/c24-18-5-10-21-17(11-18)12-22(30-21)23(28)27-26-13-15-3-8-20(9-4-15)29-14-16-1-6-19(25)7-2-16/h1-13H,14H2,(H,27,28)/b26-13+.